The van der Waals surface area contributed by atoms with Crippen LogP contribution < -0.4 is 9.47 Å². The van der Waals surface area contributed by atoms with E-state index in [-0.39, 0.29) is 11.1 Å². The van der Waals surface area contributed by atoms with Gasteiger partial charge in [-0.05, 0) is 87.8 Å². The molecular weight excluding hydrogens is 585 g/mol. The quantitative estimate of drug-likeness (QED) is 0.209. The van der Waals surface area contributed by atoms with E-state index in [1.807, 2.05) is 60.7 Å². The summed E-state index contributed by atoms with van der Waals surface area (Å²) in [6.07, 6.45) is 2.35. The first kappa shape index (κ1) is 24.6. The summed E-state index contributed by atoms with van der Waals surface area (Å²) < 4.78 is 12.4. The van der Waals surface area contributed by atoms with Gasteiger partial charge in [-0.2, -0.15) is 0 Å². The zero-order chi connectivity index (χ0) is 24.1. The highest BCUT2D eigenvalue weighted by Crippen LogP contribution is 2.37. The van der Waals surface area contributed by atoms with Gasteiger partial charge in [0.05, 0.1) is 15.6 Å². The summed E-state index contributed by atoms with van der Waals surface area (Å²) in [5.41, 5.74) is 2.82. The van der Waals surface area contributed by atoms with Crippen LogP contribution in [0.2, 0.25) is 5.02 Å². The Kier molecular flexibility index (Phi) is 8.18. The number of thioether (sulfide) groups is 1. The van der Waals surface area contributed by atoms with Crippen molar-refractivity contribution in [1.29, 1.82) is 0 Å². The predicted octanol–water partition coefficient (Wildman–Crippen LogP) is 6.81. The molecule has 0 aliphatic carbocycles. The number of benzene rings is 3. The van der Waals surface area contributed by atoms with Crippen molar-refractivity contribution in [2.45, 2.75) is 13.0 Å². The Morgan fingerprint density at radius 2 is 1.76 bits per heavy atom. The van der Waals surface area contributed by atoms with Gasteiger partial charge in [-0.25, -0.2) is 0 Å². The number of nitrogens with zero attached hydrogens (tertiary/aromatic N) is 1. The third kappa shape index (κ3) is 5.95. The molecule has 174 valence electrons. The molecule has 1 saturated heterocycles. The van der Waals surface area contributed by atoms with Crippen LogP contribution in [0, 0.1) is 3.57 Å². The van der Waals surface area contributed by atoms with Gasteiger partial charge in [-0.1, -0.05) is 54.1 Å². The van der Waals surface area contributed by atoms with Crippen molar-refractivity contribution >= 4 is 63.2 Å². The molecule has 0 radical (unpaired) electrons. The van der Waals surface area contributed by atoms with E-state index in [1.54, 1.807) is 19.3 Å². The molecule has 0 bridgehead atoms. The van der Waals surface area contributed by atoms with Crippen molar-refractivity contribution in [1.82, 2.24) is 4.90 Å². The minimum Gasteiger partial charge on any atom is -0.493 e. The Morgan fingerprint density at radius 3 is 2.47 bits per heavy atom. The van der Waals surface area contributed by atoms with Crippen molar-refractivity contribution in [3.05, 3.63) is 96.9 Å². The van der Waals surface area contributed by atoms with Crippen molar-refractivity contribution in [2.24, 2.45) is 0 Å². The van der Waals surface area contributed by atoms with Crippen LogP contribution in [-0.2, 0) is 17.8 Å². The second-order valence-electron chi connectivity index (χ2n) is 7.52. The van der Waals surface area contributed by atoms with Gasteiger partial charge in [-0.15, -0.1) is 0 Å². The van der Waals surface area contributed by atoms with Crippen molar-refractivity contribution in [3.8, 4) is 11.5 Å². The monoisotopic (exact) mass is 605 g/mol. The van der Waals surface area contributed by atoms with E-state index in [0.717, 1.165) is 32.0 Å². The van der Waals surface area contributed by atoms with Crippen molar-refractivity contribution in [3.63, 3.8) is 0 Å². The third-order valence-electron chi connectivity index (χ3n) is 5.19. The highest BCUT2D eigenvalue weighted by Gasteiger charge is 2.34. The van der Waals surface area contributed by atoms with Crippen LogP contribution in [0.5, 0.6) is 11.5 Å². The van der Waals surface area contributed by atoms with Crippen LogP contribution in [0.25, 0.3) is 6.08 Å². The van der Waals surface area contributed by atoms with E-state index >= 15 is 0 Å². The van der Waals surface area contributed by atoms with Gasteiger partial charge in [-0.3, -0.25) is 14.5 Å². The Labute approximate surface area is 221 Å². The maximum atomic E-state index is 12.9. The number of carbonyl (C=O) groups is 2. The van der Waals surface area contributed by atoms with E-state index in [1.165, 1.54) is 4.90 Å². The SMILES string of the molecule is COc1cc(/C=C2/SC(=O)N(CCc3ccccc3)C2=O)cc(I)c1OCc1ccc(Cl)cc1. The van der Waals surface area contributed by atoms with E-state index in [2.05, 4.69) is 22.6 Å². The van der Waals surface area contributed by atoms with Gasteiger partial charge in [0, 0.05) is 11.6 Å². The Hall–Kier alpha value is -2.49. The normalized spacial score (nSPS) is 14.7. The highest BCUT2D eigenvalue weighted by molar-refractivity contribution is 14.1. The summed E-state index contributed by atoms with van der Waals surface area (Å²) in [5, 5.41) is 0.418. The number of amides is 2. The average Bonchev–Trinajstić information content (AvgIpc) is 3.10. The van der Waals surface area contributed by atoms with Gasteiger partial charge < -0.3 is 9.47 Å². The number of hydrogen-bond donors (Lipinski definition) is 0. The van der Waals surface area contributed by atoms with Crippen LogP contribution in [0.3, 0.4) is 0 Å². The predicted molar refractivity (Wildman–Crippen MR) is 144 cm³/mol. The van der Waals surface area contributed by atoms with Gasteiger partial charge in [0.2, 0.25) is 0 Å². The molecule has 1 heterocycles. The van der Waals surface area contributed by atoms with Gasteiger partial charge in [0.1, 0.15) is 6.61 Å². The largest absolute Gasteiger partial charge is 0.493 e. The zero-order valence-electron chi connectivity index (χ0n) is 18.3. The van der Waals surface area contributed by atoms with Gasteiger partial charge >= 0.3 is 0 Å². The minimum atomic E-state index is -0.275. The number of carbonyl (C=O) groups excluding carboxylic acids is 2. The molecule has 3 aromatic carbocycles. The minimum absolute atomic E-state index is 0.253. The van der Waals surface area contributed by atoms with Crippen molar-refractivity contribution < 1.29 is 19.1 Å². The van der Waals surface area contributed by atoms with Crippen LogP contribution in [0.4, 0.5) is 4.79 Å². The number of imide groups is 1. The summed E-state index contributed by atoms with van der Waals surface area (Å²) in [4.78, 5) is 27.0. The molecule has 1 fully saturated rings. The molecule has 1 aliphatic rings. The topological polar surface area (TPSA) is 55.8 Å². The summed E-state index contributed by atoms with van der Waals surface area (Å²) in [5.74, 6) is 0.893. The molecule has 0 aromatic heterocycles. The molecule has 0 atom stereocenters. The summed E-state index contributed by atoms with van der Waals surface area (Å²) in [7, 11) is 1.57. The maximum Gasteiger partial charge on any atom is 0.293 e. The van der Waals surface area contributed by atoms with Crippen LogP contribution in [0.15, 0.2) is 71.6 Å². The number of ether oxygens (including phenoxy) is 2. The number of methoxy groups -OCH3 is 1. The zero-order valence-corrected chi connectivity index (χ0v) is 22.0. The molecule has 0 N–H and O–H groups in total. The molecular formula is C26H21ClINO4S. The number of halogens is 2. The molecule has 3 aromatic rings. The lowest BCUT2D eigenvalue weighted by atomic mass is 10.1. The molecule has 4 rings (SSSR count). The van der Waals surface area contributed by atoms with E-state index in [4.69, 9.17) is 21.1 Å². The Bertz CT molecular complexity index is 1230. The third-order valence-corrected chi connectivity index (χ3v) is 7.15. The molecule has 34 heavy (non-hydrogen) atoms. The molecule has 2 amide bonds. The van der Waals surface area contributed by atoms with E-state index in [9.17, 15) is 9.59 Å². The van der Waals surface area contributed by atoms with Crippen LogP contribution in [-0.4, -0.2) is 29.7 Å². The molecule has 0 saturated carbocycles. The lowest BCUT2D eigenvalue weighted by Crippen LogP contribution is -2.30. The summed E-state index contributed by atoms with van der Waals surface area (Å²) in [6.45, 7) is 0.716. The average molecular weight is 606 g/mol. The van der Waals surface area contributed by atoms with E-state index < -0.39 is 0 Å². The van der Waals surface area contributed by atoms with Gasteiger partial charge in [0.15, 0.2) is 11.5 Å². The number of rotatable bonds is 8. The molecule has 0 spiro atoms. The first-order valence-corrected chi connectivity index (χ1v) is 12.8. The van der Waals surface area contributed by atoms with Crippen LogP contribution in [0.1, 0.15) is 16.7 Å². The lowest BCUT2D eigenvalue weighted by molar-refractivity contribution is -0.122. The summed E-state index contributed by atoms with van der Waals surface area (Å²) in [6, 6.07) is 21.0. The lowest BCUT2D eigenvalue weighted by Gasteiger charge is -2.14. The molecule has 0 unspecified atom stereocenters. The van der Waals surface area contributed by atoms with E-state index in [0.29, 0.717) is 41.0 Å². The van der Waals surface area contributed by atoms with Gasteiger partial charge in [0.25, 0.3) is 11.1 Å². The second kappa shape index (κ2) is 11.3. The standard InChI is InChI=1S/C26H21ClINO4S/c1-32-22-14-19(13-21(28)24(22)33-16-18-7-9-20(27)10-8-18)15-23-25(30)29(26(31)34-23)12-11-17-5-3-2-4-6-17/h2-10,13-15H,11-12,16H2,1H3/b23-15+. The second-order valence-corrected chi connectivity index (χ2v) is 10.1. The fourth-order valence-electron chi connectivity index (χ4n) is 3.43. The smallest absolute Gasteiger partial charge is 0.293 e. The Morgan fingerprint density at radius 1 is 1.03 bits per heavy atom. The van der Waals surface area contributed by atoms with Crippen molar-refractivity contribution in [2.75, 3.05) is 13.7 Å². The molecule has 5 nitrogen and oxygen atoms in total. The Balaban J connectivity index is 1.48. The maximum absolute atomic E-state index is 12.9. The first-order chi connectivity index (χ1) is 16.4. The molecule has 1 aliphatic heterocycles. The summed E-state index contributed by atoms with van der Waals surface area (Å²) >= 11 is 9.08. The fourth-order valence-corrected chi connectivity index (χ4v) is 5.20. The van der Waals surface area contributed by atoms with Crippen LogP contribution >= 0.6 is 46.0 Å². The number of hydrogen-bond acceptors (Lipinski definition) is 5. The molecule has 8 heteroatoms. The highest BCUT2D eigenvalue weighted by atomic mass is 127. The first-order valence-electron chi connectivity index (χ1n) is 10.5. The fraction of sp³-hybridized carbons (Fsp3) is 0.154.